The Morgan fingerprint density at radius 3 is 2.74 bits per heavy atom. The maximum atomic E-state index is 12.4. The van der Waals surface area contributed by atoms with Gasteiger partial charge in [0.2, 0.25) is 5.91 Å². The highest BCUT2D eigenvalue weighted by molar-refractivity contribution is 7.99. The molecule has 3 rings (SSSR count). The molecule has 166 valence electrons. The monoisotopic (exact) mass is 458 g/mol. The number of thioether (sulfide) groups is 1. The molecule has 3 aromatic rings. The highest BCUT2D eigenvalue weighted by Gasteiger charge is 2.16. The van der Waals surface area contributed by atoms with Crippen LogP contribution in [0.5, 0.6) is 0 Å². The lowest BCUT2D eigenvalue weighted by Gasteiger charge is -2.23. The van der Waals surface area contributed by atoms with E-state index in [0.29, 0.717) is 23.5 Å². The van der Waals surface area contributed by atoms with Crippen LogP contribution in [0.25, 0.3) is 10.2 Å². The lowest BCUT2D eigenvalue weighted by molar-refractivity contribution is -0.120. The van der Waals surface area contributed by atoms with Crippen LogP contribution >= 0.6 is 23.1 Å². The molecule has 0 saturated heterocycles. The van der Waals surface area contributed by atoms with Crippen molar-refractivity contribution in [3.63, 3.8) is 0 Å². The summed E-state index contributed by atoms with van der Waals surface area (Å²) in [7, 11) is 0. The summed E-state index contributed by atoms with van der Waals surface area (Å²) in [5.41, 5.74) is 2.10. The first-order valence-corrected chi connectivity index (χ1v) is 12.5. The van der Waals surface area contributed by atoms with E-state index in [4.69, 9.17) is 0 Å². The smallest absolute Gasteiger partial charge is 0.259 e. The van der Waals surface area contributed by atoms with E-state index in [9.17, 15) is 9.59 Å². The van der Waals surface area contributed by atoms with Crippen molar-refractivity contribution in [3.05, 3.63) is 57.0 Å². The predicted octanol–water partition coefficient (Wildman–Crippen LogP) is 4.26. The van der Waals surface area contributed by atoms with E-state index in [1.165, 1.54) is 17.4 Å². The number of rotatable bonds is 10. The van der Waals surface area contributed by atoms with Crippen LogP contribution in [0.1, 0.15) is 36.5 Å². The maximum absolute atomic E-state index is 12.4. The Labute approximate surface area is 191 Å². The number of hydrogen-bond donors (Lipinski definition) is 2. The van der Waals surface area contributed by atoms with Crippen LogP contribution in [0.15, 0.2) is 35.1 Å². The summed E-state index contributed by atoms with van der Waals surface area (Å²) >= 11 is 3.02. The molecule has 0 aliphatic carbocycles. The molecule has 2 aromatic heterocycles. The van der Waals surface area contributed by atoms with Gasteiger partial charge in [0.25, 0.3) is 5.56 Å². The highest BCUT2D eigenvalue weighted by Crippen LogP contribution is 2.26. The first-order chi connectivity index (χ1) is 14.9. The van der Waals surface area contributed by atoms with Crippen molar-refractivity contribution in [2.75, 3.05) is 24.5 Å². The molecule has 0 aliphatic heterocycles. The number of aromatic amines is 1. The van der Waals surface area contributed by atoms with Crippen LogP contribution in [-0.2, 0) is 10.5 Å². The SMILES string of the molecule is CCN(CCCNC(=O)[C@H](C)SCc1nc2sc(C)c(C)c2c(=O)[nH]1)c1ccccc1. The quantitative estimate of drug-likeness (QED) is 0.444. The second kappa shape index (κ2) is 10.8. The molecule has 0 fully saturated rings. The van der Waals surface area contributed by atoms with Gasteiger partial charge in [0, 0.05) is 30.2 Å². The zero-order chi connectivity index (χ0) is 22.4. The predicted molar refractivity (Wildman–Crippen MR) is 132 cm³/mol. The molecule has 1 atom stereocenters. The first-order valence-electron chi connectivity index (χ1n) is 10.6. The summed E-state index contributed by atoms with van der Waals surface area (Å²) in [5, 5.41) is 3.49. The zero-order valence-electron chi connectivity index (χ0n) is 18.5. The van der Waals surface area contributed by atoms with Crippen molar-refractivity contribution in [2.45, 2.75) is 45.1 Å². The van der Waals surface area contributed by atoms with Crippen LogP contribution in [-0.4, -0.2) is 40.8 Å². The Kier molecular flexibility index (Phi) is 8.15. The van der Waals surface area contributed by atoms with Crippen molar-refractivity contribution in [2.24, 2.45) is 0 Å². The molecule has 0 radical (unpaired) electrons. The number of hydrogen-bond acceptors (Lipinski definition) is 6. The van der Waals surface area contributed by atoms with Crippen molar-refractivity contribution in [3.8, 4) is 0 Å². The Balaban J connectivity index is 1.45. The molecular formula is C23H30N4O2S2. The molecule has 0 saturated carbocycles. The number of aryl methyl sites for hydroxylation is 2. The number of fused-ring (bicyclic) bond motifs is 1. The summed E-state index contributed by atoms with van der Waals surface area (Å²) in [6, 6.07) is 10.3. The number of amides is 1. The average molecular weight is 459 g/mol. The van der Waals surface area contributed by atoms with Crippen LogP contribution in [0.3, 0.4) is 0 Å². The fourth-order valence-corrected chi connectivity index (χ4v) is 5.21. The second-order valence-corrected chi connectivity index (χ2v) is 10.0. The van der Waals surface area contributed by atoms with Crippen LogP contribution in [0.2, 0.25) is 0 Å². The van der Waals surface area contributed by atoms with Crippen molar-refractivity contribution in [1.82, 2.24) is 15.3 Å². The maximum Gasteiger partial charge on any atom is 0.259 e. The molecule has 2 heterocycles. The molecule has 8 heteroatoms. The van der Waals surface area contributed by atoms with Crippen molar-refractivity contribution in [1.29, 1.82) is 0 Å². The van der Waals surface area contributed by atoms with Gasteiger partial charge in [-0.1, -0.05) is 18.2 Å². The zero-order valence-corrected chi connectivity index (χ0v) is 20.2. The standard InChI is InChI=1S/C23H30N4O2S2/c1-5-27(18-10-7-6-8-11-18)13-9-12-24-21(28)17(4)30-14-19-25-22(29)20-15(2)16(3)31-23(20)26-19/h6-8,10-11,17H,5,9,12-14H2,1-4H3,(H,24,28)(H,25,26,29)/t17-/m0/s1. The number of thiophene rings is 1. The molecule has 1 aromatic carbocycles. The molecule has 6 nitrogen and oxygen atoms in total. The molecule has 0 spiro atoms. The van der Waals surface area contributed by atoms with E-state index in [2.05, 4.69) is 39.2 Å². The van der Waals surface area contributed by atoms with Gasteiger partial charge in [-0.3, -0.25) is 9.59 Å². The lowest BCUT2D eigenvalue weighted by Crippen LogP contribution is -2.34. The molecule has 31 heavy (non-hydrogen) atoms. The summed E-state index contributed by atoms with van der Waals surface area (Å²) in [6.45, 7) is 10.4. The fraction of sp³-hybridized carbons (Fsp3) is 0.435. The molecule has 0 aliphatic rings. The van der Waals surface area contributed by atoms with Gasteiger partial charge in [0.1, 0.15) is 10.7 Å². The molecule has 0 bridgehead atoms. The number of benzene rings is 1. The van der Waals surface area contributed by atoms with Crippen LogP contribution < -0.4 is 15.8 Å². The van der Waals surface area contributed by atoms with Gasteiger partial charge >= 0.3 is 0 Å². The van der Waals surface area contributed by atoms with Gasteiger partial charge in [-0.2, -0.15) is 0 Å². The third-order valence-electron chi connectivity index (χ3n) is 5.33. The van der Waals surface area contributed by atoms with Crippen molar-refractivity contribution >= 4 is 44.9 Å². The summed E-state index contributed by atoms with van der Waals surface area (Å²) in [5.74, 6) is 1.12. The van der Waals surface area contributed by atoms with Gasteiger partial charge < -0.3 is 15.2 Å². The Morgan fingerprint density at radius 1 is 1.29 bits per heavy atom. The van der Waals surface area contributed by atoms with Gasteiger partial charge in [-0.15, -0.1) is 23.1 Å². The normalized spacial score (nSPS) is 12.1. The van der Waals surface area contributed by atoms with E-state index in [1.54, 1.807) is 11.3 Å². The number of nitrogens with zero attached hydrogens (tertiary/aromatic N) is 2. The Hall–Kier alpha value is -2.32. The fourth-order valence-electron chi connectivity index (χ4n) is 3.38. The molecule has 2 N–H and O–H groups in total. The minimum atomic E-state index is -0.218. The van der Waals surface area contributed by atoms with Crippen molar-refractivity contribution < 1.29 is 4.79 Å². The first kappa shape index (κ1) is 23.3. The Morgan fingerprint density at radius 2 is 2.03 bits per heavy atom. The average Bonchev–Trinajstić information content (AvgIpc) is 3.06. The highest BCUT2D eigenvalue weighted by atomic mass is 32.2. The van der Waals surface area contributed by atoms with Gasteiger partial charge in [-0.25, -0.2) is 4.98 Å². The number of para-hydroxylation sites is 1. The van der Waals surface area contributed by atoms with Crippen LogP contribution in [0, 0.1) is 13.8 Å². The summed E-state index contributed by atoms with van der Waals surface area (Å²) < 4.78 is 0. The minimum Gasteiger partial charge on any atom is -0.372 e. The summed E-state index contributed by atoms with van der Waals surface area (Å²) in [6.07, 6.45) is 0.883. The second-order valence-electron chi connectivity index (χ2n) is 7.49. The number of H-pyrrole nitrogens is 1. The topological polar surface area (TPSA) is 78.1 Å². The van der Waals surface area contributed by atoms with E-state index in [0.717, 1.165) is 34.8 Å². The number of aromatic nitrogens is 2. The van der Waals surface area contributed by atoms with E-state index >= 15 is 0 Å². The lowest BCUT2D eigenvalue weighted by atomic mass is 10.2. The van der Waals surface area contributed by atoms with Gasteiger partial charge in [0.15, 0.2) is 0 Å². The number of nitrogens with one attached hydrogen (secondary N) is 2. The molecule has 1 amide bonds. The summed E-state index contributed by atoms with van der Waals surface area (Å²) in [4.78, 5) is 36.5. The third-order valence-corrected chi connectivity index (χ3v) is 7.59. The van der Waals surface area contributed by atoms with Gasteiger partial charge in [-0.05, 0) is 51.8 Å². The van der Waals surface area contributed by atoms with Gasteiger partial charge in [0.05, 0.1) is 16.4 Å². The largest absolute Gasteiger partial charge is 0.372 e. The Bertz CT molecular complexity index is 1080. The molecular weight excluding hydrogens is 428 g/mol. The number of carbonyl (C=O) groups is 1. The molecule has 0 unspecified atom stereocenters. The third kappa shape index (κ3) is 5.89. The van der Waals surface area contributed by atoms with E-state index in [1.807, 2.05) is 39.0 Å². The number of carbonyl (C=O) groups excluding carboxylic acids is 1. The number of anilines is 1. The minimum absolute atomic E-state index is 0.0130. The van der Waals surface area contributed by atoms with E-state index < -0.39 is 0 Å². The van der Waals surface area contributed by atoms with E-state index in [-0.39, 0.29) is 16.7 Å². The van der Waals surface area contributed by atoms with Crippen LogP contribution in [0.4, 0.5) is 5.69 Å².